The number of hydrogen-bond acceptors (Lipinski definition) is 4. The SMILES string of the molecule is CSCC(C)NCc1nc2c(s1)CCC2. The largest absolute Gasteiger partial charge is 0.307 e. The molecule has 15 heavy (non-hydrogen) atoms. The summed E-state index contributed by atoms with van der Waals surface area (Å²) in [5, 5.41) is 4.79. The zero-order valence-electron chi connectivity index (χ0n) is 9.38. The molecule has 2 rings (SSSR count). The van der Waals surface area contributed by atoms with Crippen molar-refractivity contribution in [3.63, 3.8) is 0 Å². The van der Waals surface area contributed by atoms with E-state index in [1.165, 1.54) is 40.6 Å². The molecule has 4 heteroatoms. The number of aryl methyl sites for hydroxylation is 2. The molecule has 0 aliphatic heterocycles. The Labute approximate surface area is 99.9 Å². The van der Waals surface area contributed by atoms with Crippen molar-refractivity contribution in [2.24, 2.45) is 0 Å². The lowest BCUT2D eigenvalue weighted by atomic mass is 10.4. The smallest absolute Gasteiger partial charge is 0.107 e. The molecule has 1 atom stereocenters. The topological polar surface area (TPSA) is 24.9 Å². The van der Waals surface area contributed by atoms with Gasteiger partial charge in [0.05, 0.1) is 5.69 Å². The zero-order valence-corrected chi connectivity index (χ0v) is 11.0. The van der Waals surface area contributed by atoms with Gasteiger partial charge in [-0.3, -0.25) is 0 Å². The first-order valence-electron chi connectivity index (χ1n) is 5.49. The maximum atomic E-state index is 4.67. The van der Waals surface area contributed by atoms with Crippen LogP contribution < -0.4 is 5.32 Å². The summed E-state index contributed by atoms with van der Waals surface area (Å²) in [4.78, 5) is 6.20. The van der Waals surface area contributed by atoms with Crippen molar-refractivity contribution in [2.75, 3.05) is 12.0 Å². The Kier molecular flexibility index (Phi) is 4.05. The number of nitrogens with one attached hydrogen (secondary N) is 1. The number of hydrogen-bond donors (Lipinski definition) is 1. The first kappa shape index (κ1) is 11.4. The minimum absolute atomic E-state index is 0.582. The van der Waals surface area contributed by atoms with Gasteiger partial charge in [-0.25, -0.2) is 4.98 Å². The van der Waals surface area contributed by atoms with E-state index < -0.39 is 0 Å². The van der Waals surface area contributed by atoms with Crippen LogP contribution in [0.3, 0.4) is 0 Å². The van der Waals surface area contributed by atoms with E-state index in [0.717, 1.165) is 6.54 Å². The summed E-state index contributed by atoms with van der Waals surface area (Å²) in [5.74, 6) is 1.17. The van der Waals surface area contributed by atoms with E-state index in [1.807, 2.05) is 23.1 Å². The van der Waals surface area contributed by atoms with Crippen molar-refractivity contribution in [1.29, 1.82) is 0 Å². The molecular formula is C11H18N2S2. The summed E-state index contributed by atoms with van der Waals surface area (Å²) in [5.41, 5.74) is 1.37. The van der Waals surface area contributed by atoms with Crippen LogP contribution in [0.5, 0.6) is 0 Å². The molecule has 1 heterocycles. The van der Waals surface area contributed by atoms with Crippen LogP contribution in [0.2, 0.25) is 0 Å². The molecule has 0 saturated heterocycles. The van der Waals surface area contributed by atoms with Gasteiger partial charge in [-0.1, -0.05) is 0 Å². The highest BCUT2D eigenvalue weighted by Gasteiger charge is 2.16. The van der Waals surface area contributed by atoms with E-state index >= 15 is 0 Å². The summed E-state index contributed by atoms with van der Waals surface area (Å²) in [6, 6.07) is 0.582. The van der Waals surface area contributed by atoms with Crippen molar-refractivity contribution in [2.45, 2.75) is 38.8 Å². The molecule has 1 aliphatic carbocycles. The monoisotopic (exact) mass is 242 g/mol. The van der Waals surface area contributed by atoms with Crippen LogP contribution in [0.25, 0.3) is 0 Å². The van der Waals surface area contributed by atoms with Crippen LogP contribution in [0.15, 0.2) is 0 Å². The fourth-order valence-electron chi connectivity index (χ4n) is 1.89. The van der Waals surface area contributed by atoms with Crippen molar-refractivity contribution >= 4 is 23.1 Å². The zero-order chi connectivity index (χ0) is 10.7. The van der Waals surface area contributed by atoms with Crippen LogP contribution in [-0.4, -0.2) is 23.0 Å². The highest BCUT2D eigenvalue weighted by molar-refractivity contribution is 7.98. The van der Waals surface area contributed by atoms with Crippen LogP contribution in [0, 0.1) is 0 Å². The molecule has 1 aromatic heterocycles. The van der Waals surface area contributed by atoms with Gasteiger partial charge in [-0.05, 0) is 32.4 Å². The first-order valence-corrected chi connectivity index (χ1v) is 7.70. The predicted octanol–water partition coefficient (Wildman–Crippen LogP) is 2.47. The normalized spacial score (nSPS) is 16.7. The first-order chi connectivity index (χ1) is 7.29. The molecule has 0 bridgehead atoms. The summed E-state index contributed by atoms with van der Waals surface area (Å²) in [7, 11) is 0. The lowest BCUT2D eigenvalue weighted by molar-refractivity contribution is 0.593. The second-order valence-electron chi connectivity index (χ2n) is 4.07. The average molecular weight is 242 g/mol. The lowest BCUT2D eigenvalue weighted by Gasteiger charge is -2.10. The minimum atomic E-state index is 0.582. The quantitative estimate of drug-likeness (QED) is 0.858. The van der Waals surface area contributed by atoms with E-state index in [4.69, 9.17) is 0 Å². The van der Waals surface area contributed by atoms with Crippen molar-refractivity contribution in [3.8, 4) is 0 Å². The van der Waals surface area contributed by atoms with Crippen LogP contribution in [0.1, 0.15) is 28.9 Å². The van der Waals surface area contributed by atoms with E-state index in [2.05, 4.69) is 23.5 Å². The molecule has 1 aliphatic rings. The Morgan fingerprint density at radius 2 is 2.40 bits per heavy atom. The van der Waals surface area contributed by atoms with Crippen LogP contribution in [-0.2, 0) is 19.4 Å². The van der Waals surface area contributed by atoms with Gasteiger partial charge in [0.2, 0.25) is 0 Å². The molecule has 0 saturated carbocycles. The fourth-order valence-corrected chi connectivity index (χ4v) is 3.62. The fraction of sp³-hybridized carbons (Fsp3) is 0.727. The van der Waals surface area contributed by atoms with Crippen molar-refractivity contribution in [1.82, 2.24) is 10.3 Å². The van der Waals surface area contributed by atoms with Gasteiger partial charge in [0.15, 0.2) is 0 Å². The Bertz CT molecular complexity index is 301. The third kappa shape index (κ3) is 2.95. The molecule has 0 amide bonds. The van der Waals surface area contributed by atoms with Gasteiger partial charge in [0.1, 0.15) is 5.01 Å². The minimum Gasteiger partial charge on any atom is -0.307 e. The predicted molar refractivity (Wildman–Crippen MR) is 68.8 cm³/mol. The van der Waals surface area contributed by atoms with Gasteiger partial charge in [-0.15, -0.1) is 11.3 Å². The highest BCUT2D eigenvalue weighted by atomic mass is 32.2. The Hall–Kier alpha value is -0.0600. The Morgan fingerprint density at radius 3 is 3.13 bits per heavy atom. The molecular weight excluding hydrogens is 224 g/mol. The van der Waals surface area contributed by atoms with Gasteiger partial charge < -0.3 is 5.32 Å². The maximum Gasteiger partial charge on any atom is 0.107 e. The number of rotatable bonds is 5. The molecule has 2 nitrogen and oxygen atoms in total. The summed E-state index contributed by atoms with van der Waals surface area (Å²) in [6.45, 7) is 3.18. The second kappa shape index (κ2) is 5.32. The third-order valence-corrected chi connectivity index (χ3v) is 4.65. The Morgan fingerprint density at radius 1 is 1.53 bits per heavy atom. The van der Waals surface area contributed by atoms with Crippen LogP contribution >= 0.6 is 23.1 Å². The second-order valence-corrected chi connectivity index (χ2v) is 6.15. The summed E-state index contributed by atoms with van der Waals surface area (Å²) < 4.78 is 0. The highest BCUT2D eigenvalue weighted by Crippen LogP contribution is 2.27. The summed E-state index contributed by atoms with van der Waals surface area (Å²) >= 11 is 3.79. The number of fused-ring (bicyclic) bond motifs is 1. The molecule has 1 unspecified atom stereocenters. The average Bonchev–Trinajstić information content (AvgIpc) is 2.74. The van der Waals surface area contributed by atoms with Gasteiger partial charge in [0.25, 0.3) is 0 Å². The summed E-state index contributed by atoms with van der Waals surface area (Å²) in [6.07, 6.45) is 5.92. The van der Waals surface area contributed by atoms with Crippen molar-refractivity contribution in [3.05, 3.63) is 15.6 Å². The molecule has 0 radical (unpaired) electrons. The van der Waals surface area contributed by atoms with Gasteiger partial charge >= 0.3 is 0 Å². The van der Waals surface area contributed by atoms with Gasteiger partial charge in [0, 0.05) is 23.2 Å². The number of nitrogens with zero attached hydrogens (tertiary/aromatic N) is 1. The van der Waals surface area contributed by atoms with E-state index in [9.17, 15) is 0 Å². The number of aromatic nitrogens is 1. The standard InChI is InChI=1S/C11H18N2S2/c1-8(7-14-2)12-6-11-13-9-4-3-5-10(9)15-11/h8,12H,3-7H2,1-2H3. The molecule has 0 spiro atoms. The van der Waals surface area contributed by atoms with E-state index in [0.29, 0.717) is 6.04 Å². The number of thiazole rings is 1. The maximum absolute atomic E-state index is 4.67. The molecule has 1 aromatic rings. The van der Waals surface area contributed by atoms with E-state index in [1.54, 1.807) is 0 Å². The van der Waals surface area contributed by atoms with E-state index in [-0.39, 0.29) is 0 Å². The lowest BCUT2D eigenvalue weighted by Crippen LogP contribution is -2.27. The Balaban J connectivity index is 1.83. The van der Waals surface area contributed by atoms with Crippen LogP contribution in [0.4, 0.5) is 0 Å². The molecule has 0 aromatic carbocycles. The molecule has 84 valence electrons. The van der Waals surface area contributed by atoms with Gasteiger partial charge in [-0.2, -0.15) is 11.8 Å². The third-order valence-electron chi connectivity index (χ3n) is 2.66. The molecule has 1 N–H and O–H groups in total. The molecule has 0 fully saturated rings. The van der Waals surface area contributed by atoms with Crippen molar-refractivity contribution < 1.29 is 0 Å². The number of thioether (sulfide) groups is 1.